The predicted octanol–water partition coefficient (Wildman–Crippen LogP) is 0.547. The van der Waals surface area contributed by atoms with E-state index in [9.17, 15) is 0 Å². The molecule has 1 fully saturated rings. The van der Waals surface area contributed by atoms with Crippen LogP contribution < -0.4 is 5.32 Å². The number of aromatic nitrogens is 2. The molecule has 2 N–H and O–H groups in total. The molecule has 72 valence electrons. The number of rotatable bonds is 2. The van der Waals surface area contributed by atoms with E-state index in [0.717, 1.165) is 19.4 Å². The monoisotopic (exact) mass is 183 g/mol. The lowest BCUT2D eigenvalue weighted by Crippen LogP contribution is -2.14. The van der Waals surface area contributed by atoms with Gasteiger partial charge in [-0.1, -0.05) is 5.16 Å². The van der Waals surface area contributed by atoms with Gasteiger partial charge in [-0.15, -0.1) is 0 Å². The molecule has 1 aromatic rings. The molecule has 0 bridgehead atoms. The van der Waals surface area contributed by atoms with Crippen LogP contribution in [0.3, 0.4) is 0 Å². The Morgan fingerprint density at radius 2 is 2.54 bits per heavy atom. The van der Waals surface area contributed by atoms with E-state index in [1.165, 1.54) is 0 Å². The van der Waals surface area contributed by atoms with E-state index in [2.05, 4.69) is 15.5 Å². The molecule has 0 amide bonds. The Kier molecular flexibility index (Phi) is 2.28. The van der Waals surface area contributed by atoms with Crippen molar-refractivity contribution in [1.82, 2.24) is 15.5 Å². The lowest BCUT2D eigenvalue weighted by molar-refractivity contribution is 0.151. The van der Waals surface area contributed by atoms with Crippen molar-refractivity contribution >= 4 is 0 Å². The van der Waals surface area contributed by atoms with Crippen LogP contribution in [0.1, 0.15) is 43.6 Å². The Bertz CT molecular complexity index is 279. The molecule has 1 aromatic heterocycles. The Morgan fingerprint density at radius 1 is 1.69 bits per heavy atom. The van der Waals surface area contributed by atoms with Gasteiger partial charge in [-0.2, -0.15) is 4.98 Å². The number of hydrogen-bond acceptors (Lipinski definition) is 5. The Balaban J connectivity index is 2.12. The highest BCUT2D eigenvalue weighted by atomic mass is 16.5. The van der Waals surface area contributed by atoms with Gasteiger partial charge in [-0.3, -0.25) is 0 Å². The summed E-state index contributed by atoms with van der Waals surface area (Å²) in [5.41, 5.74) is 0. The number of aliphatic hydroxyl groups is 1. The summed E-state index contributed by atoms with van der Waals surface area (Å²) in [5.74, 6) is 0.956. The zero-order chi connectivity index (χ0) is 9.26. The van der Waals surface area contributed by atoms with Gasteiger partial charge in [-0.25, -0.2) is 0 Å². The maximum atomic E-state index is 9.16. The van der Waals surface area contributed by atoms with Gasteiger partial charge in [0.25, 0.3) is 5.89 Å². The average molecular weight is 183 g/mol. The first-order valence-corrected chi connectivity index (χ1v) is 4.52. The molecule has 0 spiro atoms. The van der Waals surface area contributed by atoms with Crippen LogP contribution in [-0.4, -0.2) is 21.8 Å². The fourth-order valence-corrected chi connectivity index (χ4v) is 1.46. The smallest absolute Gasteiger partial charge is 0.255 e. The molecule has 0 saturated carbocycles. The first-order valence-electron chi connectivity index (χ1n) is 4.52. The Hall–Kier alpha value is -0.940. The largest absolute Gasteiger partial charge is 0.384 e. The number of hydrogen-bond donors (Lipinski definition) is 2. The second-order valence-electron chi connectivity index (χ2n) is 3.32. The summed E-state index contributed by atoms with van der Waals surface area (Å²) in [5, 5.41) is 16.2. The molecule has 2 rings (SSSR count). The van der Waals surface area contributed by atoms with Gasteiger partial charge in [0.1, 0.15) is 6.10 Å². The second-order valence-corrected chi connectivity index (χ2v) is 3.32. The Morgan fingerprint density at radius 3 is 3.08 bits per heavy atom. The highest BCUT2D eigenvalue weighted by molar-refractivity contribution is 4.97. The zero-order valence-electron chi connectivity index (χ0n) is 7.53. The van der Waals surface area contributed by atoms with E-state index in [1.54, 1.807) is 6.92 Å². The minimum Gasteiger partial charge on any atom is -0.384 e. The van der Waals surface area contributed by atoms with Gasteiger partial charge in [0.05, 0.1) is 6.04 Å². The minimum atomic E-state index is -0.678. The molecule has 1 saturated heterocycles. The summed E-state index contributed by atoms with van der Waals surface area (Å²) in [6.07, 6.45) is 1.50. The SMILES string of the molecule is C[C@H](O)c1nc(C2CCCN2)no1. The van der Waals surface area contributed by atoms with Crippen LogP contribution in [0, 0.1) is 0 Å². The molecule has 0 aliphatic carbocycles. The van der Waals surface area contributed by atoms with Crippen LogP contribution in [0.2, 0.25) is 0 Å². The fourth-order valence-electron chi connectivity index (χ4n) is 1.46. The third kappa shape index (κ3) is 1.71. The molecule has 0 radical (unpaired) electrons. The van der Waals surface area contributed by atoms with E-state index >= 15 is 0 Å². The average Bonchev–Trinajstić information content (AvgIpc) is 2.75. The molecule has 1 aliphatic rings. The topological polar surface area (TPSA) is 71.2 Å². The summed E-state index contributed by atoms with van der Waals surface area (Å²) in [6.45, 7) is 2.61. The normalized spacial score (nSPS) is 24.9. The van der Waals surface area contributed by atoms with Gasteiger partial charge in [0.2, 0.25) is 0 Å². The third-order valence-corrected chi connectivity index (χ3v) is 2.19. The van der Waals surface area contributed by atoms with Crippen LogP contribution in [0.4, 0.5) is 0 Å². The van der Waals surface area contributed by atoms with Crippen molar-refractivity contribution in [3.05, 3.63) is 11.7 Å². The van der Waals surface area contributed by atoms with Crippen LogP contribution in [0.25, 0.3) is 0 Å². The molecular formula is C8H13N3O2. The van der Waals surface area contributed by atoms with Gasteiger partial charge in [0, 0.05) is 0 Å². The quantitative estimate of drug-likeness (QED) is 0.700. The van der Waals surface area contributed by atoms with Crippen molar-refractivity contribution in [3.63, 3.8) is 0 Å². The van der Waals surface area contributed by atoms with Crippen molar-refractivity contribution in [2.75, 3.05) is 6.54 Å². The lowest BCUT2D eigenvalue weighted by atomic mass is 10.2. The minimum absolute atomic E-state index is 0.205. The van der Waals surface area contributed by atoms with Gasteiger partial charge >= 0.3 is 0 Å². The van der Waals surface area contributed by atoms with E-state index in [0.29, 0.717) is 11.7 Å². The first-order chi connectivity index (χ1) is 6.27. The van der Waals surface area contributed by atoms with Crippen molar-refractivity contribution in [1.29, 1.82) is 0 Å². The van der Waals surface area contributed by atoms with Gasteiger partial charge < -0.3 is 14.9 Å². The zero-order valence-corrected chi connectivity index (χ0v) is 7.53. The van der Waals surface area contributed by atoms with E-state index < -0.39 is 6.10 Å². The molecule has 13 heavy (non-hydrogen) atoms. The summed E-state index contributed by atoms with van der Waals surface area (Å²) < 4.78 is 4.89. The van der Waals surface area contributed by atoms with Crippen LogP contribution in [0.15, 0.2) is 4.52 Å². The predicted molar refractivity (Wildman–Crippen MR) is 44.9 cm³/mol. The summed E-state index contributed by atoms with van der Waals surface area (Å²) >= 11 is 0. The molecule has 1 unspecified atom stereocenters. The maximum Gasteiger partial charge on any atom is 0.255 e. The van der Waals surface area contributed by atoms with E-state index in [4.69, 9.17) is 9.63 Å². The van der Waals surface area contributed by atoms with Gasteiger partial charge in [0.15, 0.2) is 5.82 Å². The Labute approximate surface area is 76.1 Å². The van der Waals surface area contributed by atoms with Crippen LogP contribution in [0.5, 0.6) is 0 Å². The fraction of sp³-hybridized carbons (Fsp3) is 0.750. The highest BCUT2D eigenvalue weighted by Crippen LogP contribution is 2.21. The molecule has 1 aliphatic heterocycles. The van der Waals surface area contributed by atoms with Crippen LogP contribution in [-0.2, 0) is 0 Å². The lowest BCUT2D eigenvalue weighted by Gasteiger charge is -2.01. The summed E-state index contributed by atoms with van der Waals surface area (Å²) in [7, 11) is 0. The molecule has 5 heteroatoms. The standard InChI is InChI=1S/C8H13N3O2/c1-5(12)8-10-7(11-13-8)6-3-2-4-9-6/h5-6,9,12H,2-4H2,1H3/t5-,6?/m0/s1. The second kappa shape index (κ2) is 3.43. The van der Waals surface area contributed by atoms with Gasteiger partial charge in [-0.05, 0) is 26.3 Å². The third-order valence-electron chi connectivity index (χ3n) is 2.19. The summed E-state index contributed by atoms with van der Waals surface area (Å²) in [4.78, 5) is 4.10. The highest BCUT2D eigenvalue weighted by Gasteiger charge is 2.22. The number of nitrogens with zero attached hydrogens (tertiary/aromatic N) is 2. The molecular weight excluding hydrogens is 170 g/mol. The molecule has 2 atom stereocenters. The molecule has 0 aromatic carbocycles. The first kappa shape index (κ1) is 8.65. The van der Waals surface area contributed by atoms with Crippen molar-refractivity contribution in [2.45, 2.75) is 31.9 Å². The number of nitrogens with one attached hydrogen (secondary N) is 1. The number of aliphatic hydroxyl groups excluding tert-OH is 1. The summed E-state index contributed by atoms with van der Waals surface area (Å²) in [6, 6.07) is 0.205. The molecule has 2 heterocycles. The van der Waals surface area contributed by atoms with Crippen molar-refractivity contribution in [2.24, 2.45) is 0 Å². The van der Waals surface area contributed by atoms with Crippen molar-refractivity contribution < 1.29 is 9.63 Å². The van der Waals surface area contributed by atoms with Crippen LogP contribution >= 0.6 is 0 Å². The van der Waals surface area contributed by atoms with E-state index in [1.807, 2.05) is 0 Å². The maximum absolute atomic E-state index is 9.16. The van der Waals surface area contributed by atoms with E-state index in [-0.39, 0.29) is 6.04 Å². The van der Waals surface area contributed by atoms with Crippen molar-refractivity contribution in [3.8, 4) is 0 Å². The molecule has 5 nitrogen and oxygen atoms in total.